The third-order valence-electron chi connectivity index (χ3n) is 4.44. The molecule has 2 aromatic rings. The number of amides is 1. The van der Waals surface area contributed by atoms with Crippen molar-refractivity contribution in [1.29, 1.82) is 0 Å². The number of hydrogen-bond acceptors (Lipinski definition) is 4. The predicted molar refractivity (Wildman–Crippen MR) is 114 cm³/mol. The molecular formula is C20H20ClN3O3S. The van der Waals surface area contributed by atoms with Crippen LogP contribution in [0.3, 0.4) is 0 Å². The van der Waals surface area contributed by atoms with Gasteiger partial charge in [0.15, 0.2) is 5.11 Å². The number of thiocarbonyl (C=S) groups is 1. The number of nitrogens with one attached hydrogen (secondary N) is 3. The van der Waals surface area contributed by atoms with E-state index in [9.17, 15) is 4.79 Å². The molecule has 28 heavy (non-hydrogen) atoms. The number of hydrogen-bond donors (Lipinski definition) is 3. The van der Waals surface area contributed by atoms with E-state index in [0.29, 0.717) is 33.0 Å². The summed E-state index contributed by atoms with van der Waals surface area (Å²) in [6.07, 6.45) is 0. The predicted octanol–water partition coefficient (Wildman–Crippen LogP) is 3.64. The fourth-order valence-corrected chi connectivity index (χ4v) is 3.47. The molecule has 1 amide bonds. The topological polar surface area (TPSA) is 71.6 Å². The van der Waals surface area contributed by atoms with Crippen molar-refractivity contribution in [2.24, 2.45) is 5.92 Å². The van der Waals surface area contributed by atoms with Crippen molar-refractivity contribution in [3.63, 3.8) is 0 Å². The van der Waals surface area contributed by atoms with E-state index in [0.717, 1.165) is 5.56 Å². The Balaban J connectivity index is 1.97. The van der Waals surface area contributed by atoms with Crippen molar-refractivity contribution >= 4 is 40.5 Å². The lowest BCUT2D eigenvalue weighted by molar-refractivity contribution is -0.119. The Morgan fingerprint density at radius 2 is 1.89 bits per heavy atom. The monoisotopic (exact) mass is 417 g/mol. The molecule has 2 atom stereocenters. The zero-order chi connectivity index (χ0) is 20.3. The van der Waals surface area contributed by atoms with Gasteiger partial charge in [-0.1, -0.05) is 18.2 Å². The van der Waals surface area contributed by atoms with E-state index in [-0.39, 0.29) is 5.91 Å². The molecule has 0 bridgehead atoms. The summed E-state index contributed by atoms with van der Waals surface area (Å²) in [7, 11) is 3.15. The molecule has 8 heteroatoms. The second-order valence-corrected chi connectivity index (χ2v) is 7.03. The lowest BCUT2D eigenvalue weighted by Gasteiger charge is -2.36. The Kier molecular flexibility index (Phi) is 6.06. The molecule has 3 N–H and O–H groups in total. The van der Waals surface area contributed by atoms with Crippen LogP contribution in [0.2, 0.25) is 5.02 Å². The number of anilines is 1. The summed E-state index contributed by atoms with van der Waals surface area (Å²) in [5.74, 6) is 0.359. The van der Waals surface area contributed by atoms with Gasteiger partial charge in [0.2, 0.25) is 5.91 Å². The van der Waals surface area contributed by atoms with Crippen molar-refractivity contribution < 1.29 is 14.3 Å². The van der Waals surface area contributed by atoms with Gasteiger partial charge in [0.1, 0.15) is 17.4 Å². The quantitative estimate of drug-likeness (QED) is 0.645. The summed E-state index contributed by atoms with van der Waals surface area (Å²) in [6.45, 7) is 4.00. The smallest absolute Gasteiger partial charge is 0.235 e. The fourth-order valence-electron chi connectivity index (χ4n) is 3.09. The molecule has 6 nitrogen and oxygen atoms in total. The van der Waals surface area contributed by atoms with Gasteiger partial charge in [-0.3, -0.25) is 4.79 Å². The van der Waals surface area contributed by atoms with Gasteiger partial charge in [0, 0.05) is 22.0 Å². The molecular weight excluding hydrogens is 398 g/mol. The number of carbonyl (C=O) groups excluding carboxylic acids is 1. The van der Waals surface area contributed by atoms with Crippen LogP contribution in [-0.2, 0) is 4.79 Å². The van der Waals surface area contributed by atoms with Crippen molar-refractivity contribution in [3.8, 4) is 11.5 Å². The van der Waals surface area contributed by atoms with Gasteiger partial charge in [0.25, 0.3) is 0 Å². The van der Waals surface area contributed by atoms with Crippen LogP contribution in [0.5, 0.6) is 11.5 Å². The number of ether oxygens (including phenoxy) is 2. The summed E-state index contributed by atoms with van der Waals surface area (Å²) in [4.78, 5) is 13.1. The zero-order valence-electron chi connectivity index (χ0n) is 15.4. The molecule has 0 aromatic heterocycles. The van der Waals surface area contributed by atoms with Crippen LogP contribution >= 0.6 is 23.8 Å². The Morgan fingerprint density at radius 3 is 2.54 bits per heavy atom. The number of halogens is 1. The minimum atomic E-state index is -0.650. The van der Waals surface area contributed by atoms with Crippen molar-refractivity contribution in [2.45, 2.75) is 6.04 Å². The maximum atomic E-state index is 13.1. The highest BCUT2D eigenvalue weighted by Gasteiger charge is 2.38. The van der Waals surface area contributed by atoms with E-state index in [4.69, 9.17) is 33.3 Å². The van der Waals surface area contributed by atoms with E-state index >= 15 is 0 Å². The fraction of sp³-hybridized carbons (Fsp3) is 0.200. The van der Waals surface area contributed by atoms with Gasteiger partial charge in [-0.05, 0) is 54.7 Å². The van der Waals surface area contributed by atoms with Crippen molar-refractivity contribution in [2.75, 3.05) is 19.5 Å². The molecule has 0 radical (unpaired) electrons. The van der Waals surface area contributed by atoms with Crippen LogP contribution in [0, 0.1) is 5.92 Å². The van der Waals surface area contributed by atoms with Gasteiger partial charge < -0.3 is 25.4 Å². The molecule has 2 aromatic carbocycles. The van der Waals surface area contributed by atoms with Crippen LogP contribution in [0.4, 0.5) is 5.69 Å². The first-order valence-electron chi connectivity index (χ1n) is 8.47. The van der Waals surface area contributed by atoms with Gasteiger partial charge in [-0.25, -0.2) is 0 Å². The van der Waals surface area contributed by atoms with E-state index in [1.807, 2.05) is 6.07 Å². The Hall–Kier alpha value is -2.77. The lowest BCUT2D eigenvalue weighted by Crippen LogP contribution is -2.51. The van der Waals surface area contributed by atoms with Crippen LogP contribution < -0.4 is 25.4 Å². The van der Waals surface area contributed by atoms with Gasteiger partial charge in [-0.2, -0.15) is 0 Å². The minimum Gasteiger partial charge on any atom is -0.497 e. The second-order valence-electron chi connectivity index (χ2n) is 6.18. The van der Waals surface area contributed by atoms with Gasteiger partial charge in [-0.15, -0.1) is 0 Å². The highest BCUT2D eigenvalue weighted by molar-refractivity contribution is 7.80. The summed E-state index contributed by atoms with van der Waals surface area (Å²) in [6, 6.07) is 11.8. The Morgan fingerprint density at radius 1 is 1.18 bits per heavy atom. The normalized spacial score (nSPS) is 18.7. The average Bonchev–Trinajstić information content (AvgIpc) is 2.68. The minimum absolute atomic E-state index is 0.246. The summed E-state index contributed by atoms with van der Waals surface area (Å²) in [5, 5.41) is 9.97. The number of methoxy groups -OCH3 is 2. The molecule has 1 saturated heterocycles. The SMILES string of the molecule is C=C1NC(=S)NC(c2cc(OC)ccc2OC)C1C(=O)Nc1ccc(Cl)cc1. The zero-order valence-corrected chi connectivity index (χ0v) is 17.0. The van der Waals surface area contributed by atoms with E-state index < -0.39 is 12.0 Å². The van der Waals surface area contributed by atoms with E-state index in [2.05, 4.69) is 22.5 Å². The Labute approximate surface area is 173 Å². The lowest BCUT2D eigenvalue weighted by atomic mass is 9.87. The summed E-state index contributed by atoms with van der Waals surface area (Å²) < 4.78 is 10.8. The first-order chi connectivity index (χ1) is 13.4. The standard InChI is InChI=1S/C20H20ClN3O3S/c1-11-17(19(25)23-13-6-4-12(21)5-7-13)18(24-20(28)22-11)15-10-14(26-2)8-9-16(15)27-3/h4-10,17-18H,1H2,2-3H3,(H,23,25)(H2,22,24,28). The van der Waals surface area contributed by atoms with Crippen molar-refractivity contribution in [1.82, 2.24) is 10.6 Å². The number of rotatable bonds is 5. The second kappa shape index (κ2) is 8.50. The first-order valence-corrected chi connectivity index (χ1v) is 9.26. The molecule has 1 aliphatic heterocycles. The van der Waals surface area contributed by atoms with E-state index in [1.165, 1.54) is 0 Å². The van der Waals surface area contributed by atoms with Gasteiger partial charge in [0.05, 0.1) is 20.3 Å². The Bertz CT molecular complexity index is 917. The first kappa shape index (κ1) is 20.0. The highest BCUT2D eigenvalue weighted by atomic mass is 35.5. The molecule has 1 aliphatic rings. The maximum Gasteiger partial charge on any atom is 0.235 e. The van der Waals surface area contributed by atoms with Crippen LogP contribution in [0.25, 0.3) is 0 Å². The average molecular weight is 418 g/mol. The van der Waals surface area contributed by atoms with Crippen molar-refractivity contribution in [3.05, 3.63) is 65.3 Å². The third-order valence-corrected chi connectivity index (χ3v) is 4.91. The molecule has 146 valence electrons. The van der Waals surface area contributed by atoms with Crippen LogP contribution in [0.1, 0.15) is 11.6 Å². The van der Waals surface area contributed by atoms with Crippen LogP contribution in [-0.4, -0.2) is 25.2 Å². The highest BCUT2D eigenvalue weighted by Crippen LogP contribution is 2.37. The molecule has 1 fully saturated rings. The number of carbonyl (C=O) groups is 1. The molecule has 1 heterocycles. The van der Waals surface area contributed by atoms with Crippen LogP contribution in [0.15, 0.2) is 54.7 Å². The molecule has 3 rings (SSSR count). The maximum absolute atomic E-state index is 13.1. The van der Waals surface area contributed by atoms with Gasteiger partial charge >= 0.3 is 0 Å². The molecule has 2 unspecified atom stereocenters. The summed E-state index contributed by atoms with van der Waals surface area (Å²) in [5.41, 5.74) is 1.86. The summed E-state index contributed by atoms with van der Waals surface area (Å²) >= 11 is 11.2. The van der Waals surface area contributed by atoms with E-state index in [1.54, 1.807) is 50.6 Å². The third kappa shape index (κ3) is 4.21. The molecule has 0 spiro atoms. The molecule has 0 aliphatic carbocycles. The number of benzene rings is 2. The molecule has 0 saturated carbocycles. The largest absolute Gasteiger partial charge is 0.497 e.